The summed E-state index contributed by atoms with van der Waals surface area (Å²) in [5.74, 6) is -1.69. The Morgan fingerprint density at radius 2 is 2.00 bits per heavy atom. The molecule has 0 saturated heterocycles. The summed E-state index contributed by atoms with van der Waals surface area (Å²) in [5.41, 5.74) is 0.270. The zero-order valence-electron chi connectivity index (χ0n) is 11.8. The van der Waals surface area contributed by atoms with Crippen LogP contribution in [0.3, 0.4) is 0 Å². The number of sulfone groups is 1. The number of benzene rings is 1. The van der Waals surface area contributed by atoms with Gasteiger partial charge in [0.25, 0.3) is 0 Å². The molecule has 0 aliphatic rings. The highest BCUT2D eigenvalue weighted by molar-refractivity contribution is 7.90. The fraction of sp³-hybridized carbons (Fsp3) is 0.571. The molecule has 20 heavy (non-hydrogen) atoms. The fourth-order valence-electron chi connectivity index (χ4n) is 1.95. The standard InChI is InChI=1S/C14H21F2NO2S/c1-3-8-17-12(7-9-20(2,18)19)10-11-5-4-6-13(15)14(11)16/h4-6,12,17H,3,7-10H2,1-2H3. The molecule has 0 fully saturated rings. The van der Waals surface area contributed by atoms with Crippen molar-refractivity contribution >= 4 is 9.84 Å². The van der Waals surface area contributed by atoms with Gasteiger partial charge in [0, 0.05) is 12.3 Å². The highest BCUT2D eigenvalue weighted by Crippen LogP contribution is 2.14. The molecule has 0 spiro atoms. The first kappa shape index (κ1) is 17.0. The van der Waals surface area contributed by atoms with Crippen molar-refractivity contribution in [3.63, 3.8) is 0 Å². The van der Waals surface area contributed by atoms with Gasteiger partial charge >= 0.3 is 0 Å². The van der Waals surface area contributed by atoms with E-state index in [9.17, 15) is 17.2 Å². The summed E-state index contributed by atoms with van der Waals surface area (Å²) < 4.78 is 49.2. The lowest BCUT2D eigenvalue weighted by atomic mass is 10.0. The molecule has 6 heteroatoms. The second-order valence-corrected chi connectivity index (χ2v) is 7.25. The molecule has 0 amide bonds. The summed E-state index contributed by atoms with van der Waals surface area (Å²) in [6, 6.07) is 3.88. The molecular formula is C14H21F2NO2S. The first-order valence-corrected chi connectivity index (χ1v) is 8.73. The van der Waals surface area contributed by atoms with Crippen molar-refractivity contribution in [2.24, 2.45) is 0 Å². The van der Waals surface area contributed by atoms with Crippen LogP contribution in [-0.4, -0.2) is 33.0 Å². The maximum atomic E-state index is 13.6. The van der Waals surface area contributed by atoms with Gasteiger partial charge in [-0.3, -0.25) is 0 Å². The second-order valence-electron chi connectivity index (χ2n) is 4.99. The van der Waals surface area contributed by atoms with Gasteiger partial charge in [-0.15, -0.1) is 0 Å². The molecule has 1 aromatic carbocycles. The third-order valence-corrected chi connectivity index (χ3v) is 4.00. The maximum absolute atomic E-state index is 13.6. The largest absolute Gasteiger partial charge is 0.314 e. The van der Waals surface area contributed by atoms with Crippen LogP contribution in [0.15, 0.2) is 18.2 Å². The Bertz CT molecular complexity index is 532. The zero-order chi connectivity index (χ0) is 15.2. The average Bonchev–Trinajstić information content (AvgIpc) is 2.37. The van der Waals surface area contributed by atoms with Crippen molar-refractivity contribution in [3.8, 4) is 0 Å². The molecule has 0 bridgehead atoms. The van der Waals surface area contributed by atoms with Crippen molar-refractivity contribution in [1.29, 1.82) is 0 Å². The number of hydrogen-bond donors (Lipinski definition) is 1. The van der Waals surface area contributed by atoms with E-state index < -0.39 is 21.5 Å². The van der Waals surface area contributed by atoms with Gasteiger partial charge in [-0.1, -0.05) is 19.1 Å². The Balaban J connectivity index is 2.75. The van der Waals surface area contributed by atoms with Gasteiger partial charge in [0.05, 0.1) is 5.75 Å². The molecule has 1 atom stereocenters. The highest BCUT2D eigenvalue weighted by Gasteiger charge is 2.16. The van der Waals surface area contributed by atoms with Crippen LogP contribution >= 0.6 is 0 Å². The molecule has 0 aliphatic heterocycles. The summed E-state index contributed by atoms with van der Waals surface area (Å²) >= 11 is 0. The van der Waals surface area contributed by atoms with Crippen LogP contribution in [0.25, 0.3) is 0 Å². The highest BCUT2D eigenvalue weighted by atomic mass is 32.2. The van der Waals surface area contributed by atoms with E-state index >= 15 is 0 Å². The molecule has 0 aliphatic carbocycles. The first-order valence-electron chi connectivity index (χ1n) is 6.67. The topological polar surface area (TPSA) is 46.2 Å². The predicted octanol–water partition coefficient (Wildman–Crippen LogP) is 2.31. The summed E-state index contributed by atoms with van der Waals surface area (Å²) in [6.07, 6.45) is 2.72. The molecule has 0 saturated carbocycles. The van der Waals surface area contributed by atoms with Crippen molar-refractivity contribution in [2.45, 2.75) is 32.2 Å². The number of halogens is 2. The predicted molar refractivity (Wildman–Crippen MR) is 76.5 cm³/mol. The molecule has 114 valence electrons. The fourth-order valence-corrected chi connectivity index (χ4v) is 2.67. The van der Waals surface area contributed by atoms with Gasteiger partial charge in [0.15, 0.2) is 11.6 Å². The molecular weight excluding hydrogens is 284 g/mol. The summed E-state index contributed by atoms with van der Waals surface area (Å²) in [5, 5.41) is 3.18. The average molecular weight is 305 g/mol. The lowest BCUT2D eigenvalue weighted by Gasteiger charge is -2.18. The Morgan fingerprint density at radius 1 is 1.30 bits per heavy atom. The minimum Gasteiger partial charge on any atom is -0.314 e. The first-order chi connectivity index (χ1) is 9.33. The van der Waals surface area contributed by atoms with Gasteiger partial charge in [0.2, 0.25) is 0 Å². The third-order valence-electron chi connectivity index (χ3n) is 3.02. The molecule has 0 radical (unpaired) electrons. The van der Waals surface area contributed by atoms with E-state index in [0.717, 1.165) is 12.5 Å². The van der Waals surface area contributed by atoms with Crippen LogP contribution in [0.4, 0.5) is 8.78 Å². The SMILES string of the molecule is CCCNC(CCS(C)(=O)=O)Cc1cccc(F)c1F. The summed E-state index contributed by atoms with van der Waals surface area (Å²) in [6.45, 7) is 2.70. The Hall–Kier alpha value is -1.01. The van der Waals surface area contributed by atoms with E-state index in [0.29, 0.717) is 13.0 Å². The van der Waals surface area contributed by atoms with Crippen LogP contribution in [0.1, 0.15) is 25.3 Å². The maximum Gasteiger partial charge on any atom is 0.162 e. The van der Waals surface area contributed by atoms with Gasteiger partial charge in [-0.2, -0.15) is 0 Å². The van der Waals surface area contributed by atoms with Gasteiger partial charge in [-0.25, -0.2) is 17.2 Å². The van der Waals surface area contributed by atoms with E-state index in [1.165, 1.54) is 18.4 Å². The van der Waals surface area contributed by atoms with Gasteiger partial charge in [0.1, 0.15) is 9.84 Å². The van der Waals surface area contributed by atoms with Crippen LogP contribution in [0, 0.1) is 11.6 Å². The van der Waals surface area contributed by atoms with Crippen molar-refractivity contribution in [3.05, 3.63) is 35.4 Å². The van der Waals surface area contributed by atoms with E-state index in [2.05, 4.69) is 5.32 Å². The van der Waals surface area contributed by atoms with Crippen LogP contribution < -0.4 is 5.32 Å². The second kappa shape index (κ2) is 7.69. The van der Waals surface area contributed by atoms with Crippen LogP contribution in [-0.2, 0) is 16.3 Å². The van der Waals surface area contributed by atoms with E-state index in [1.807, 2.05) is 6.92 Å². The number of hydrogen-bond acceptors (Lipinski definition) is 3. The Morgan fingerprint density at radius 3 is 2.60 bits per heavy atom. The normalized spacial score (nSPS) is 13.4. The lowest BCUT2D eigenvalue weighted by molar-refractivity contribution is 0.462. The minimum absolute atomic E-state index is 0.0331. The smallest absolute Gasteiger partial charge is 0.162 e. The quantitative estimate of drug-likeness (QED) is 0.801. The van der Waals surface area contributed by atoms with Crippen molar-refractivity contribution in [2.75, 3.05) is 18.6 Å². The lowest BCUT2D eigenvalue weighted by Crippen LogP contribution is -2.34. The molecule has 3 nitrogen and oxygen atoms in total. The molecule has 1 N–H and O–H groups in total. The third kappa shape index (κ3) is 5.96. The molecule has 1 unspecified atom stereocenters. The van der Waals surface area contributed by atoms with Crippen LogP contribution in [0.2, 0.25) is 0 Å². The Kier molecular flexibility index (Phi) is 6.55. The van der Waals surface area contributed by atoms with E-state index in [1.54, 1.807) is 0 Å². The monoisotopic (exact) mass is 305 g/mol. The minimum atomic E-state index is -3.06. The van der Waals surface area contributed by atoms with Crippen molar-refractivity contribution < 1.29 is 17.2 Å². The van der Waals surface area contributed by atoms with E-state index in [-0.39, 0.29) is 23.8 Å². The summed E-state index contributed by atoms with van der Waals surface area (Å²) in [7, 11) is -3.06. The number of rotatable bonds is 8. The van der Waals surface area contributed by atoms with Crippen molar-refractivity contribution in [1.82, 2.24) is 5.32 Å². The Labute approximate surface area is 119 Å². The van der Waals surface area contributed by atoms with Gasteiger partial charge in [-0.05, 0) is 37.4 Å². The number of nitrogens with one attached hydrogen (secondary N) is 1. The molecule has 0 aromatic heterocycles. The molecule has 1 aromatic rings. The molecule has 1 rings (SSSR count). The molecule has 0 heterocycles. The summed E-state index contributed by atoms with van der Waals surface area (Å²) in [4.78, 5) is 0. The van der Waals surface area contributed by atoms with Gasteiger partial charge < -0.3 is 5.32 Å². The van der Waals surface area contributed by atoms with Crippen LogP contribution in [0.5, 0.6) is 0 Å². The zero-order valence-corrected chi connectivity index (χ0v) is 12.6. The van der Waals surface area contributed by atoms with E-state index in [4.69, 9.17) is 0 Å².